The van der Waals surface area contributed by atoms with Gasteiger partial charge in [0.05, 0.1) is 18.0 Å². The average Bonchev–Trinajstić information content (AvgIpc) is 3.39. The van der Waals surface area contributed by atoms with E-state index in [9.17, 15) is 9.90 Å². The van der Waals surface area contributed by atoms with Crippen LogP contribution in [0, 0.1) is 0 Å². The van der Waals surface area contributed by atoms with Gasteiger partial charge in [-0.25, -0.2) is 4.98 Å². The first-order valence-corrected chi connectivity index (χ1v) is 11.0. The van der Waals surface area contributed by atoms with Gasteiger partial charge >= 0.3 is 0 Å². The minimum Gasteiger partial charge on any atom is -0.393 e. The topological polar surface area (TPSA) is 82.8 Å². The summed E-state index contributed by atoms with van der Waals surface area (Å²) in [6.07, 6.45) is 3.43. The summed E-state index contributed by atoms with van der Waals surface area (Å²) in [6, 6.07) is 18.3. The van der Waals surface area contributed by atoms with Crippen LogP contribution in [-0.2, 0) is 11.2 Å². The van der Waals surface area contributed by atoms with E-state index >= 15 is 0 Å². The Balaban J connectivity index is 1.56. The molecule has 4 aromatic rings. The Bertz CT molecular complexity index is 1320. The van der Waals surface area contributed by atoms with Gasteiger partial charge in [0.2, 0.25) is 11.9 Å². The molecular formula is C25H23N5O2. The Hall–Kier alpha value is -3.71. The van der Waals surface area contributed by atoms with E-state index in [1.807, 2.05) is 47.1 Å². The fraction of sp³-hybridized carbons (Fsp3) is 0.240. The van der Waals surface area contributed by atoms with Crippen LogP contribution in [0.3, 0.4) is 0 Å². The largest absolute Gasteiger partial charge is 0.393 e. The minimum atomic E-state index is -0.249. The molecule has 32 heavy (non-hydrogen) atoms. The van der Waals surface area contributed by atoms with Gasteiger partial charge in [-0.15, -0.1) is 0 Å². The first-order valence-electron chi connectivity index (χ1n) is 11.0. The molecule has 2 aromatic heterocycles. The smallest absolute Gasteiger partial charge is 0.228 e. The number of fused-ring (bicyclic) bond motifs is 2. The lowest BCUT2D eigenvalue weighted by Crippen LogP contribution is -2.37. The highest BCUT2D eigenvalue weighted by Gasteiger charge is 2.25. The van der Waals surface area contributed by atoms with Crippen LogP contribution in [0.4, 0.5) is 11.6 Å². The highest BCUT2D eigenvalue weighted by Crippen LogP contribution is 2.38. The fourth-order valence-electron chi connectivity index (χ4n) is 4.72. The number of carbonyl (C=O) groups excluding carboxylic acids is 1. The number of carbonyl (C=O) groups is 1. The molecule has 7 heteroatoms. The van der Waals surface area contributed by atoms with Crippen LogP contribution in [0.2, 0.25) is 0 Å². The Labute approximate surface area is 185 Å². The summed E-state index contributed by atoms with van der Waals surface area (Å²) >= 11 is 0. The van der Waals surface area contributed by atoms with Crippen LogP contribution in [0.15, 0.2) is 60.8 Å². The summed E-state index contributed by atoms with van der Waals surface area (Å²) in [5, 5.41) is 17.9. The maximum absolute atomic E-state index is 11.9. The minimum absolute atomic E-state index is 0.0269. The molecule has 0 bridgehead atoms. The van der Waals surface area contributed by atoms with Gasteiger partial charge in [-0.05, 0) is 42.2 Å². The van der Waals surface area contributed by atoms with Crippen molar-refractivity contribution in [3.05, 3.63) is 66.4 Å². The number of aliphatic hydroxyl groups excluding tert-OH is 1. The summed E-state index contributed by atoms with van der Waals surface area (Å²) in [4.78, 5) is 18.7. The molecule has 6 rings (SSSR count). The third kappa shape index (κ3) is 3.13. The molecule has 7 nitrogen and oxygen atoms in total. The van der Waals surface area contributed by atoms with E-state index in [0.717, 1.165) is 71.0 Å². The van der Waals surface area contributed by atoms with Gasteiger partial charge in [0.25, 0.3) is 0 Å². The molecule has 2 aliphatic rings. The maximum atomic E-state index is 11.9. The van der Waals surface area contributed by atoms with E-state index in [4.69, 9.17) is 5.10 Å². The number of rotatable bonds is 3. The van der Waals surface area contributed by atoms with Crippen molar-refractivity contribution in [1.29, 1.82) is 0 Å². The summed E-state index contributed by atoms with van der Waals surface area (Å²) in [7, 11) is 0. The van der Waals surface area contributed by atoms with Crippen molar-refractivity contribution >= 4 is 23.1 Å². The standard InChI is InChI=1S/C25H23N5O2/c31-19-9-12-29(13-10-19)25-26-11-8-21-23(17-6-7-20-18(14-17)15-22(32)27-20)24(28-30(21)25)16-4-2-1-3-5-16/h1-8,11,14,19,31H,9-10,12-13,15H2,(H,27,32). The quantitative estimate of drug-likeness (QED) is 0.525. The Kier molecular flexibility index (Phi) is 4.43. The maximum Gasteiger partial charge on any atom is 0.228 e. The van der Waals surface area contributed by atoms with E-state index in [1.54, 1.807) is 0 Å². The lowest BCUT2D eigenvalue weighted by molar-refractivity contribution is -0.115. The summed E-state index contributed by atoms with van der Waals surface area (Å²) < 4.78 is 1.92. The molecule has 0 unspecified atom stereocenters. The zero-order valence-electron chi connectivity index (χ0n) is 17.5. The number of piperidine rings is 1. The number of aromatic nitrogens is 3. The Morgan fingerprint density at radius 2 is 1.81 bits per heavy atom. The van der Waals surface area contributed by atoms with Gasteiger partial charge in [0.1, 0.15) is 5.69 Å². The van der Waals surface area contributed by atoms with Crippen molar-refractivity contribution in [2.24, 2.45) is 0 Å². The van der Waals surface area contributed by atoms with E-state index in [-0.39, 0.29) is 12.0 Å². The van der Waals surface area contributed by atoms with Gasteiger partial charge in [-0.2, -0.15) is 9.61 Å². The van der Waals surface area contributed by atoms with Crippen LogP contribution in [0.25, 0.3) is 27.9 Å². The molecule has 1 saturated heterocycles. The Morgan fingerprint density at radius 3 is 2.62 bits per heavy atom. The fourth-order valence-corrected chi connectivity index (χ4v) is 4.72. The van der Waals surface area contributed by atoms with Crippen molar-refractivity contribution in [1.82, 2.24) is 14.6 Å². The number of nitrogens with one attached hydrogen (secondary N) is 1. The number of benzene rings is 2. The zero-order chi connectivity index (χ0) is 21.7. The number of amides is 1. The van der Waals surface area contributed by atoms with E-state index in [0.29, 0.717) is 6.42 Å². The first kappa shape index (κ1) is 19.0. The molecule has 1 fully saturated rings. The molecule has 0 aliphatic carbocycles. The summed E-state index contributed by atoms with van der Waals surface area (Å²) in [5.74, 6) is 0.815. The molecule has 0 saturated carbocycles. The SMILES string of the molecule is O=C1Cc2cc(-c3c(-c4ccccc4)nn4c(N5CCC(O)CC5)nccc34)ccc2N1. The third-order valence-corrected chi connectivity index (χ3v) is 6.35. The second-order valence-electron chi connectivity index (χ2n) is 8.45. The van der Waals surface area contributed by atoms with Crippen LogP contribution in [0.1, 0.15) is 18.4 Å². The first-order chi connectivity index (χ1) is 15.7. The van der Waals surface area contributed by atoms with Gasteiger partial charge in [-0.1, -0.05) is 36.4 Å². The van der Waals surface area contributed by atoms with Crippen LogP contribution < -0.4 is 10.2 Å². The van der Waals surface area contributed by atoms with Crippen LogP contribution >= 0.6 is 0 Å². The molecule has 4 heterocycles. The van der Waals surface area contributed by atoms with Crippen molar-refractivity contribution < 1.29 is 9.90 Å². The molecule has 2 aliphatic heterocycles. The highest BCUT2D eigenvalue weighted by atomic mass is 16.3. The normalized spacial score (nSPS) is 16.4. The molecule has 0 atom stereocenters. The van der Waals surface area contributed by atoms with E-state index in [2.05, 4.69) is 33.4 Å². The predicted molar refractivity (Wildman–Crippen MR) is 124 cm³/mol. The highest BCUT2D eigenvalue weighted by molar-refractivity contribution is 6.01. The molecule has 0 spiro atoms. The van der Waals surface area contributed by atoms with E-state index < -0.39 is 0 Å². The Morgan fingerprint density at radius 1 is 1.00 bits per heavy atom. The monoisotopic (exact) mass is 425 g/mol. The van der Waals surface area contributed by atoms with Crippen molar-refractivity contribution in [2.75, 3.05) is 23.3 Å². The molecule has 2 N–H and O–H groups in total. The van der Waals surface area contributed by atoms with Gasteiger partial charge < -0.3 is 15.3 Å². The lowest BCUT2D eigenvalue weighted by Gasteiger charge is -2.30. The third-order valence-electron chi connectivity index (χ3n) is 6.35. The molecule has 0 radical (unpaired) electrons. The van der Waals surface area contributed by atoms with Crippen molar-refractivity contribution in [2.45, 2.75) is 25.4 Å². The van der Waals surface area contributed by atoms with Crippen LogP contribution in [0.5, 0.6) is 0 Å². The molecular weight excluding hydrogens is 402 g/mol. The van der Waals surface area contributed by atoms with Gasteiger partial charge in [0.15, 0.2) is 0 Å². The van der Waals surface area contributed by atoms with Crippen molar-refractivity contribution in [3.8, 4) is 22.4 Å². The van der Waals surface area contributed by atoms with Crippen LogP contribution in [-0.4, -0.2) is 44.8 Å². The summed E-state index contributed by atoms with van der Waals surface area (Å²) in [6.45, 7) is 1.49. The van der Waals surface area contributed by atoms with Gasteiger partial charge in [-0.3, -0.25) is 4.79 Å². The average molecular weight is 425 g/mol. The predicted octanol–water partition coefficient (Wildman–Crippen LogP) is 3.52. The number of nitrogens with zero attached hydrogens (tertiary/aromatic N) is 4. The molecule has 160 valence electrons. The summed E-state index contributed by atoms with van der Waals surface area (Å²) in [5.41, 5.74) is 6.82. The van der Waals surface area contributed by atoms with Gasteiger partial charge in [0, 0.05) is 36.1 Å². The number of anilines is 2. The number of hydrogen-bond donors (Lipinski definition) is 2. The zero-order valence-corrected chi connectivity index (χ0v) is 17.5. The second-order valence-corrected chi connectivity index (χ2v) is 8.45. The lowest BCUT2D eigenvalue weighted by atomic mass is 9.97. The second kappa shape index (κ2) is 7.46. The van der Waals surface area contributed by atoms with Crippen molar-refractivity contribution in [3.63, 3.8) is 0 Å². The van der Waals surface area contributed by atoms with E-state index in [1.165, 1.54) is 0 Å². The number of hydrogen-bond acceptors (Lipinski definition) is 5. The number of aliphatic hydroxyl groups is 1. The molecule has 1 amide bonds. The molecule has 2 aromatic carbocycles.